The Morgan fingerprint density at radius 2 is 1.93 bits per heavy atom. The van der Waals surface area contributed by atoms with E-state index in [-0.39, 0.29) is 16.9 Å². The van der Waals surface area contributed by atoms with Gasteiger partial charge in [-0.1, -0.05) is 6.92 Å². The van der Waals surface area contributed by atoms with Crippen LogP contribution < -0.4 is 10.6 Å². The van der Waals surface area contributed by atoms with E-state index in [9.17, 15) is 18.0 Å². The number of hydrogen-bond acceptors (Lipinski definition) is 4. The number of amides is 1. The molecule has 0 spiro atoms. The number of alkyl halides is 3. The summed E-state index contributed by atoms with van der Waals surface area (Å²) in [6.07, 6.45) is 1.22. The van der Waals surface area contributed by atoms with Crippen molar-refractivity contribution in [3.63, 3.8) is 0 Å². The van der Waals surface area contributed by atoms with Crippen molar-refractivity contribution in [2.24, 2.45) is 17.6 Å². The molecular weight excluding hydrogens is 357 g/mol. The van der Waals surface area contributed by atoms with Gasteiger partial charge in [-0.15, -0.1) is 0 Å². The molecule has 0 radical (unpaired) electrons. The fourth-order valence-corrected chi connectivity index (χ4v) is 3.98. The van der Waals surface area contributed by atoms with Crippen LogP contribution in [0.3, 0.4) is 0 Å². The van der Waals surface area contributed by atoms with Crippen LogP contribution in [-0.2, 0) is 11.0 Å². The number of primary amides is 1. The number of fused-ring (bicyclic) bond motifs is 1. The van der Waals surface area contributed by atoms with Gasteiger partial charge in [0.05, 0.1) is 11.3 Å². The van der Waals surface area contributed by atoms with Gasteiger partial charge in [-0.25, -0.2) is 0 Å². The molecule has 1 aliphatic heterocycles. The van der Waals surface area contributed by atoms with Gasteiger partial charge in [0.25, 0.3) is 0 Å². The zero-order chi connectivity index (χ0) is 19.6. The van der Waals surface area contributed by atoms with Crippen LogP contribution >= 0.6 is 0 Å². The standard InChI is InChI=1S/C19H23F3N4O/c1-12-9-13(3-2-4-16(23)27)11-26(10-12)15-6-5-14(19(20,21)22)17-18(15)25-8-7-24-17/h5-8,12-13H,2-4,9-11H2,1H3,(H2,23,27)/t12-,13+/m0/s1. The normalized spacial score (nSPS) is 20.8. The summed E-state index contributed by atoms with van der Waals surface area (Å²) in [6.45, 7) is 3.61. The van der Waals surface area contributed by atoms with Crippen LogP contribution in [0.25, 0.3) is 11.0 Å². The lowest BCUT2D eigenvalue weighted by Gasteiger charge is -2.38. The first-order valence-corrected chi connectivity index (χ1v) is 9.10. The van der Waals surface area contributed by atoms with Gasteiger partial charge in [-0.3, -0.25) is 14.8 Å². The summed E-state index contributed by atoms with van der Waals surface area (Å²) in [5.74, 6) is 0.452. The van der Waals surface area contributed by atoms with Gasteiger partial charge in [-0.2, -0.15) is 13.2 Å². The van der Waals surface area contributed by atoms with Crippen LogP contribution in [0.2, 0.25) is 0 Å². The highest BCUT2D eigenvalue weighted by Crippen LogP contribution is 2.38. The summed E-state index contributed by atoms with van der Waals surface area (Å²) in [5.41, 5.74) is 5.28. The molecule has 5 nitrogen and oxygen atoms in total. The monoisotopic (exact) mass is 380 g/mol. The first-order chi connectivity index (χ1) is 12.8. The highest BCUT2D eigenvalue weighted by Gasteiger charge is 2.35. The molecule has 1 fully saturated rings. The van der Waals surface area contributed by atoms with Crippen LogP contribution in [0.1, 0.15) is 38.2 Å². The Morgan fingerprint density at radius 1 is 1.22 bits per heavy atom. The smallest absolute Gasteiger partial charge is 0.370 e. The van der Waals surface area contributed by atoms with Gasteiger partial charge in [0, 0.05) is 31.9 Å². The number of halogens is 3. The number of aromatic nitrogens is 2. The third-order valence-corrected chi connectivity index (χ3v) is 5.03. The molecule has 8 heteroatoms. The molecular formula is C19H23F3N4O. The van der Waals surface area contributed by atoms with Gasteiger partial charge in [0.1, 0.15) is 11.0 Å². The van der Waals surface area contributed by atoms with Crippen molar-refractivity contribution in [1.82, 2.24) is 9.97 Å². The number of nitrogens with zero attached hydrogens (tertiary/aromatic N) is 3. The molecule has 2 atom stereocenters. The highest BCUT2D eigenvalue weighted by molar-refractivity contribution is 5.90. The van der Waals surface area contributed by atoms with Gasteiger partial charge < -0.3 is 10.6 Å². The molecule has 0 aliphatic carbocycles. The van der Waals surface area contributed by atoms with Crippen molar-refractivity contribution in [3.8, 4) is 0 Å². The average Bonchev–Trinajstić information content (AvgIpc) is 2.59. The van der Waals surface area contributed by atoms with Crippen LogP contribution in [0.4, 0.5) is 18.9 Å². The van der Waals surface area contributed by atoms with Gasteiger partial charge in [0.15, 0.2) is 0 Å². The summed E-state index contributed by atoms with van der Waals surface area (Å²) in [5, 5.41) is 0. The van der Waals surface area contributed by atoms with Gasteiger partial charge >= 0.3 is 6.18 Å². The molecule has 3 rings (SSSR count). The summed E-state index contributed by atoms with van der Waals surface area (Å²) < 4.78 is 39.9. The van der Waals surface area contributed by atoms with Crippen molar-refractivity contribution in [1.29, 1.82) is 0 Å². The van der Waals surface area contributed by atoms with E-state index in [4.69, 9.17) is 5.73 Å². The molecule has 1 aromatic carbocycles. The number of carbonyl (C=O) groups is 1. The lowest BCUT2D eigenvalue weighted by Crippen LogP contribution is -2.40. The van der Waals surface area contributed by atoms with E-state index in [1.54, 1.807) is 0 Å². The first kappa shape index (κ1) is 19.4. The topological polar surface area (TPSA) is 72.1 Å². The van der Waals surface area contributed by atoms with Crippen molar-refractivity contribution in [2.75, 3.05) is 18.0 Å². The number of rotatable bonds is 5. The maximum atomic E-state index is 13.3. The second-order valence-electron chi connectivity index (χ2n) is 7.35. The quantitative estimate of drug-likeness (QED) is 0.857. The second kappa shape index (κ2) is 7.70. The average molecular weight is 380 g/mol. The minimum Gasteiger partial charge on any atom is -0.370 e. The molecule has 0 saturated carbocycles. The van der Waals surface area contributed by atoms with Crippen LogP contribution in [0, 0.1) is 11.8 Å². The Hall–Kier alpha value is -2.38. The number of piperidine rings is 1. The number of nitrogens with two attached hydrogens (primary N) is 1. The lowest BCUT2D eigenvalue weighted by molar-refractivity contribution is -0.136. The Bertz CT molecular complexity index is 824. The van der Waals surface area contributed by atoms with Crippen LogP contribution in [-0.4, -0.2) is 29.0 Å². The third-order valence-electron chi connectivity index (χ3n) is 5.03. The van der Waals surface area contributed by atoms with Crippen LogP contribution in [0.5, 0.6) is 0 Å². The zero-order valence-corrected chi connectivity index (χ0v) is 15.2. The zero-order valence-electron chi connectivity index (χ0n) is 15.2. The minimum absolute atomic E-state index is 0.119. The molecule has 2 N–H and O–H groups in total. The number of benzene rings is 1. The molecule has 1 saturated heterocycles. The molecule has 0 unspecified atom stereocenters. The van der Waals surface area contributed by atoms with Gasteiger partial charge in [-0.05, 0) is 43.2 Å². The lowest BCUT2D eigenvalue weighted by atomic mass is 9.86. The van der Waals surface area contributed by atoms with Crippen molar-refractivity contribution in [3.05, 3.63) is 30.1 Å². The minimum atomic E-state index is -4.47. The number of hydrogen-bond donors (Lipinski definition) is 1. The summed E-state index contributed by atoms with van der Waals surface area (Å²) in [7, 11) is 0. The third kappa shape index (κ3) is 4.48. The fraction of sp³-hybridized carbons (Fsp3) is 0.526. The second-order valence-corrected chi connectivity index (χ2v) is 7.35. The summed E-state index contributed by atoms with van der Waals surface area (Å²) >= 11 is 0. The van der Waals surface area contributed by atoms with E-state index < -0.39 is 11.7 Å². The van der Waals surface area contributed by atoms with E-state index in [2.05, 4.69) is 21.8 Å². The SMILES string of the molecule is C[C@H]1C[C@@H](CCCC(N)=O)CN(c2ccc(C(F)(F)F)c3nccnc23)C1. The molecule has 1 aromatic heterocycles. The van der Waals surface area contributed by atoms with E-state index in [1.807, 2.05) is 0 Å². The number of carbonyl (C=O) groups excluding carboxylic acids is 1. The molecule has 27 heavy (non-hydrogen) atoms. The van der Waals surface area contributed by atoms with Crippen molar-refractivity contribution >= 4 is 22.6 Å². The molecule has 1 aliphatic rings. The molecule has 0 bridgehead atoms. The molecule has 1 amide bonds. The number of anilines is 1. The summed E-state index contributed by atoms with van der Waals surface area (Å²) in [4.78, 5) is 21.2. The Balaban J connectivity index is 1.89. The van der Waals surface area contributed by atoms with E-state index in [1.165, 1.54) is 18.5 Å². The molecule has 2 aromatic rings. The maximum Gasteiger partial charge on any atom is 0.418 e. The first-order valence-electron chi connectivity index (χ1n) is 9.10. The fourth-order valence-electron chi connectivity index (χ4n) is 3.98. The van der Waals surface area contributed by atoms with Crippen molar-refractivity contribution in [2.45, 2.75) is 38.8 Å². The Labute approximate surface area is 155 Å². The predicted octanol–water partition coefficient (Wildman–Crippen LogP) is 3.77. The van der Waals surface area contributed by atoms with Gasteiger partial charge in [0.2, 0.25) is 5.91 Å². The predicted molar refractivity (Wildman–Crippen MR) is 97.1 cm³/mol. The van der Waals surface area contributed by atoms with E-state index >= 15 is 0 Å². The Morgan fingerprint density at radius 3 is 2.59 bits per heavy atom. The Kier molecular flexibility index (Phi) is 5.53. The van der Waals surface area contributed by atoms with E-state index in [0.29, 0.717) is 23.9 Å². The van der Waals surface area contributed by atoms with Crippen LogP contribution in [0.15, 0.2) is 24.5 Å². The van der Waals surface area contributed by atoms with E-state index in [0.717, 1.165) is 38.4 Å². The molecule has 2 heterocycles. The summed E-state index contributed by atoms with van der Waals surface area (Å²) in [6, 6.07) is 2.59. The van der Waals surface area contributed by atoms with Crippen molar-refractivity contribution < 1.29 is 18.0 Å². The largest absolute Gasteiger partial charge is 0.418 e. The molecule has 146 valence electrons. The maximum absolute atomic E-state index is 13.3. The highest BCUT2D eigenvalue weighted by atomic mass is 19.4.